The summed E-state index contributed by atoms with van der Waals surface area (Å²) in [5, 5.41) is 0. The summed E-state index contributed by atoms with van der Waals surface area (Å²) in [6.45, 7) is 2.30. The first-order valence-corrected chi connectivity index (χ1v) is 8.26. The van der Waals surface area contributed by atoms with Crippen LogP contribution in [0.5, 0.6) is 0 Å². The van der Waals surface area contributed by atoms with Gasteiger partial charge in [-0.25, -0.2) is 0 Å². The second-order valence-electron chi connectivity index (χ2n) is 6.50. The molecule has 0 heterocycles. The Hall–Kier alpha value is -0.860. The van der Waals surface area contributed by atoms with Crippen molar-refractivity contribution in [1.82, 2.24) is 0 Å². The standard InChI is InChI=1S/C18H27NO/c1-2-13-6-5-8-15(12-13)20-17-11-10-14-7-3-4-9-16(14)18(17)19/h3-4,7,9,13,15,17-18H,2,5-6,8,10-12,19H2,1H3. The van der Waals surface area contributed by atoms with Crippen molar-refractivity contribution in [2.75, 3.05) is 0 Å². The maximum absolute atomic E-state index is 6.45. The van der Waals surface area contributed by atoms with Crippen LogP contribution in [-0.2, 0) is 11.2 Å². The van der Waals surface area contributed by atoms with E-state index in [1.165, 1.54) is 43.2 Å². The fourth-order valence-electron chi connectivity index (χ4n) is 3.90. The lowest BCUT2D eigenvalue weighted by molar-refractivity contribution is -0.0574. The van der Waals surface area contributed by atoms with Gasteiger partial charge in [0.05, 0.1) is 18.2 Å². The normalized spacial score (nSPS) is 33.7. The Morgan fingerprint density at radius 1 is 1.20 bits per heavy atom. The summed E-state index contributed by atoms with van der Waals surface area (Å²) in [6.07, 6.45) is 9.30. The Morgan fingerprint density at radius 3 is 2.90 bits per heavy atom. The Balaban J connectivity index is 1.64. The van der Waals surface area contributed by atoms with Crippen molar-refractivity contribution in [3.8, 4) is 0 Å². The molecule has 0 radical (unpaired) electrons. The van der Waals surface area contributed by atoms with Crippen LogP contribution < -0.4 is 5.73 Å². The molecule has 2 nitrogen and oxygen atoms in total. The molecule has 2 heteroatoms. The summed E-state index contributed by atoms with van der Waals surface area (Å²) in [4.78, 5) is 0. The Kier molecular flexibility index (Phi) is 4.42. The van der Waals surface area contributed by atoms with Gasteiger partial charge >= 0.3 is 0 Å². The van der Waals surface area contributed by atoms with E-state index in [-0.39, 0.29) is 12.1 Å². The number of benzene rings is 1. The van der Waals surface area contributed by atoms with Gasteiger partial charge in [0.1, 0.15) is 0 Å². The smallest absolute Gasteiger partial charge is 0.0774 e. The van der Waals surface area contributed by atoms with Crippen molar-refractivity contribution in [2.45, 2.75) is 70.1 Å². The van der Waals surface area contributed by atoms with Gasteiger partial charge in [0, 0.05) is 0 Å². The molecule has 0 bridgehead atoms. The van der Waals surface area contributed by atoms with Gasteiger partial charge in [-0.1, -0.05) is 50.5 Å². The predicted octanol–water partition coefficient (Wildman–Crippen LogP) is 3.99. The van der Waals surface area contributed by atoms with E-state index >= 15 is 0 Å². The number of ether oxygens (including phenoxy) is 1. The Morgan fingerprint density at radius 2 is 2.05 bits per heavy atom. The van der Waals surface area contributed by atoms with Crippen LogP contribution in [0, 0.1) is 5.92 Å². The second-order valence-corrected chi connectivity index (χ2v) is 6.50. The van der Waals surface area contributed by atoms with Crippen molar-refractivity contribution in [3.63, 3.8) is 0 Å². The molecule has 110 valence electrons. The minimum atomic E-state index is 0.0574. The largest absolute Gasteiger partial charge is 0.373 e. The highest BCUT2D eigenvalue weighted by Crippen LogP contribution is 2.34. The van der Waals surface area contributed by atoms with E-state index in [4.69, 9.17) is 10.5 Å². The van der Waals surface area contributed by atoms with Crippen molar-refractivity contribution < 1.29 is 4.74 Å². The third-order valence-corrected chi connectivity index (χ3v) is 5.19. The van der Waals surface area contributed by atoms with Crippen LogP contribution in [-0.4, -0.2) is 12.2 Å². The number of nitrogens with two attached hydrogens (primary N) is 1. The van der Waals surface area contributed by atoms with Gasteiger partial charge in [-0.3, -0.25) is 0 Å². The molecule has 3 rings (SSSR count). The van der Waals surface area contributed by atoms with Crippen LogP contribution in [0.2, 0.25) is 0 Å². The van der Waals surface area contributed by atoms with E-state index in [1.807, 2.05) is 0 Å². The van der Waals surface area contributed by atoms with E-state index in [1.54, 1.807) is 0 Å². The number of hydrogen-bond acceptors (Lipinski definition) is 2. The Labute approximate surface area is 122 Å². The van der Waals surface area contributed by atoms with Gasteiger partial charge in [-0.15, -0.1) is 0 Å². The molecule has 0 saturated heterocycles. The lowest BCUT2D eigenvalue weighted by atomic mass is 9.84. The van der Waals surface area contributed by atoms with Crippen molar-refractivity contribution in [2.24, 2.45) is 11.7 Å². The quantitative estimate of drug-likeness (QED) is 0.904. The topological polar surface area (TPSA) is 35.2 Å². The van der Waals surface area contributed by atoms with Crippen LogP contribution in [0.25, 0.3) is 0 Å². The van der Waals surface area contributed by atoms with Crippen LogP contribution in [0.15, 0.2) is 24.3 Å². The summed E-state index contributed by atoms with van der Waals surface area (Å²) in [5.74, 6) is 0.862. The molecule has 0 aromatic heterocycles. The average Bonchev–Trinajstić information content (AvgIpc) is 2.50. The molecule has 4 unspecified atom stereocenters. The molecule has 20 heavy (non-hydrogen) atoms. The van der Waals surface area contributed by atoms with Gasteiger partial charge < -0.3 is 10.5 Å². The first-order valence-electron chi connectivity index (χ1n) is 8.26. The summed E-state index contributed by atoms with van der Waals surface area (Å²) < 4.78 is 6.41. The SMILES string of the molecule is CCC1CCCC(OC2CCc3ccccc3C2N)C1. The molecule has 2 aliphatic carbocycles. The molecular weight excluding hydrogens is 246 g/mol. The fourth-order valence-corrected chi connectivity index (χ4v) is 3.90. The number of hydrogen-bond donors (Lipinski definition) is 1. The molecular formula is C18H27NO. The van der Waals surface area contributed by atoms with Gasteiger partial charge in [-0.05, 0) is 42.7 Å². The molecule has 0 amide bonds. The van der Waals surface area contributed by atoms with Crippen molar-refractivity contribution in [3.05, 3.63) is 35.4 Å². The highest BCUT2D eigenvalue weighted by atomic mass is 16.5. The zero-order chi connectivity index (χ0) is 13.9. The molecule has 1 fully saturated rings. The van der Waals surface area contributed by atoms with Gasteiger partial charge in [-0.2, -0.15) is 0 Å². The monoisotopic (exact) mass is 273 g/mol. The minimum absolute atomic E-state index is 0.0574. The van der Waals surface area contributed by atoms with Crippen LogP contribution in [0.1, 0.15) is 62.6 Å². The number of aryl methyl sites for hydroxylation is 1. The van der Waals surface area contributed by atoms with Crippen LogP contribution >= 0.6 is 0 Å². The number of rotatable bonds is 3. The van der Waals surface area contributed by atoms with Crippen molar-refractivity contribution >= 4 is 0 Å². The molecule has 0 aliphatic heterocycles. The van der Waals surface area contributed by atoms with Gasteiger partial charge in [0.2, 0.25) is 0 Å². The van der Waals surface area contributed by atoms with Gasteiger partial charge in [0.15, 0.2) is 0 Å². The molecule has 2 aliphatic rings. The van der Waals surface area contributed by atoms with E-state index in [9.17, 15) is 0 Å². The molecule has 0 spiro atoms. The summed E-state index contributed by atoms with van der Waals surface area (Å²) in [5.41, 5.74) is 9.16. The van der Waals surface area contributed by atoms with Crippen molar-refractivity contribution in [1.29, 1.82) is 0 Å². The van der Waals surface area contributed by atoms with E-state index in [2.05, 4.69) is 31.2 Å². The third-order valence-electron chi connectivity index (χ3n) is 5.19. The van der Waals surface area contributed by atoms with Gasteiger partial charge in [0.25, 0.3) is 0 Å². The second kappa shape index (κ2) is 6.28. The maximum Gasteiger partial charge on any atom is 0.0774 e. The molecule has 1 aromatic rings. The highest BCUT2D eigenvalue weighted by molar-refractivity contribution is 5.33. The Bertz CT molecular complexity index is 445. The molecule has 1 saturated carbocycles. The summed E-state index contributed by atoms with van der Waals surface area (Å²) in [7, 11) is 0. The first-order chi connectivity index (χ1) is 9.78. The molecule has 2 N–H and O–H groups in total. The molecule has 4 atom stereocenters. The third kappa shape index (κ3) is 2.91. The predicted molar refractivity (Wildman–Crippen MR) is 82.6 cm³/mol. The summed E-state index contributed by atoms with van der Waals surface area (Å²) in [6, 6.07) is 8.64. The maximum atomic E-state index is 6.45. The molecule has 1 aromatic carbocycles. The average molecular weight is 273 g/mol. The van der Waals surface area contributed by atoms with E-state index in [0.717, 1.165) is 18.8 Å². The summed E-state index contributed by atoms with van der Waals surface area (Å²) >= 11 is 0. The van der Waals surface area contributed by atoms with Crippen LogP contribution in [0.4, 0.5) is 0 Å². The highest BCUT2D eigenvalue weighted by Gasteiger charge is 2.31. The van der Waals surface area contributed by atoms with Crippen LogP contribution in [0.3, 0.4) is 0 Å². The number of fused-ring (bicyclic) bond motifs is 1. The fraction of sp³-hybridized carbons (Fsp3) is 0.667. The zero-order valence-electron chi connectivity index (χ0n) is 12.6. The zero-order valence-corrected chi connectivity index (χ0v) is 12.6. The van der Waals surface area contributed by atoms with E-state index < -0.39 is 0 Å². The lowest BCUT2D eigenvalue weighted by Crippen LogP contribution is -2.37. The lowest BCUT2D eigenvalue weighted by Gasteiger charge is -2.36. The first kappa shape index (κ1) is 14.1. The minimum Gasteiger partial charge on any atom is -0.373 e. The van der Waals surface area contributed by atoms with E-state index in [0.29, 0.717) is 6.10 Å².